The molecule has 0 aliphatic carbocycles. The van der Waals surface area contributed by atoms with Gasteiger partial charge in [-0.3, -0.25) is 4.79 Å². The van der Waals surface area contributed by atoms with E-state index in [2.05, 4.69) is 15.9 Å². The van der Waals surface area contributed by atoms with Crippen molar-refractivity contribution < 1.29 is 23.8 Å². The Morgan fingerprint density at radius 3 is 2.52 bits per heavy atom. The Morgan fingerprint density at radius 2 is 1.90 bits per heavy atom. The van der Waals surface area contributed by atoms with E-state index in [-0.39, 0.29) is 6.61 Å². The molecule has 1 heterocycles. The molecule has 0 radical (unpaired) electrons. The zero-order valence-electron chi connectivity index (χ0n) is 12.0. The highest BCUT2D eigenvalue weighted by Crippen LogP contribution is 2.42. The molecule has 1 aliphatic heterocycles. The van der Waals surface area contributed by atoms with Gasteiger partial charge in [0.25, 0.3) is 5.78 Å². The molecule has 114 valence electrons. The summed E-state index contributed by atoms with van der Waals surface area (Å²) in [7, 11) is 0. The average molecular weight is 357 g/mol. The van der Waals surface area contributed by atoms with Crippen LogP contribution in [0.4, 0.5) is 0 Å². The van der Waals surface area contributed by atoms with Crippen LogP contribution >= 0.6 is 15.9 Å². The van der Waals surface area contributed by atoms with Gasteiger partial charge in [0.05, 0.1) is 24.3 Å². The summed E-state index contributed by atoms with van der Waals surface area (Å²) < 4.78 is 16.8. The van der Waals surface area contributed by atoms with Crippen molar-refractivity contribution in [1.82, 2.24) is 0 Å². The molecule has 0 saturated carbocycles. The van der Waals surface area contributed by atoms with Crippen LogP contribution in [0.5, 0.6) is 11.5 Å². The second-order valence-electron chi connectivity index (χ2n) is 4.50. The SMILES string of the molecule is CCOC(=O)C(=O)c1cc(Br)c2c(c1CC)OCCCO2. The number of halogens is 1. The molecule has 1 aromatic rings. The van der Waals surface area contributed by atoms with Crippen LogP contribution in [0.1, 0.15) is 36.2 Å². The number of Topliss-reactive ketones (excluding diaryl/α,β-unsaturated/α-hetero) is 1. The first-order chi connectivity index (χ1) is 10.1. The van der Waals surface area contributed by atoms with Gasteiger partial charge in [0, 0.05) is 17.5 Å². The first kappa shape index (κ1) is 15.8. The summed E-state index contributed by atoms with van der Waals surface area (Å²) in [5.41, 5.74) is 0.972. The maximum atomic E-state index is 12.2. The van der Waals surface area contributed by atoms with Crippen LogP contribution in [0.15, 0.2) is 10.5 Å². The van der Waals surface area contributed by atoms with E-state index in [0.717, 1.165) is 6.42 Å². The van der Waals surface area contributed by atoms with E-state index < -0.39 is 11.8 Å². The number of ether oxygens (including phenoxy) is 3. The minimum atomic E-state index is -0.853. The largest absolute Gasteiger partial charge is 0.489 e. The average Bonchev–Trinajstić information content (AvgIpc) is 2.73. The van der Waals surface area contributed by atoms with Crippen molar-refractivity contribution in [3.63, 3.8) is 0 Å². The van der Waals surface area contributed by atoms with Crippen molar-refractivity contribution >= 4 is 27.7 Å². The lowest BCUT2D eigenvalue weighted by molar-refractivity contribution is -0.137. The second-order valence-corrected chi connectivity index (χ2v) is 5.35. The molecule has 21 heavy (non-hydrogen) atoms. The molecule has 0 aromatic heterocycles. The third-order valence-electron chi connectivity index (χ3n) is 3.13. The monoisotopic (exact) mass is 356 g/mol. The zero-order valence-corrected chi connectivity index (χ0v) is 13.6. The molecule has 0 amide bonds. The van der Waals surface area contributed by atoms with Crippen LogP contribution in [0.25, 0.3) is 0 Å². The highest BCUT2D eigenvalue weighted by molar-refractivity contribution is 9.10. The molecule has 5 nitrogen and oxygen atoms in total. The number of hydrogen-bond acceptors (Lipinski definition) is 5. The third-order valence-corrected chi connectivity index (χ3v) is 3.72. The highest BCUT2D eigenvalue weighted by atomic mass is 79.9. The van der Waals surface area contributed by atoms with E-state index in [9.17, 15) is 9.59 Å². The lowest BCUT2D eigenvalue weighted by Gasteiger charge is -2.16. The molecular weight excluding hydrogens is 340 g/mol. The van der Waals surface area contributed by atoms with Gasteiger partial charge in [0.1, 0.15) is 0 Å². The number of esters is 1. The summed E-state index contributed by atoms with van der Waals surface area (Å²) >= 11 is 3.38. The smallest absolute Gasteiger partial charge is 0.379 e. The Balaban J connectivity index is 2.52. The van der Waals surface area contributed by atoms with Gasteiger partial charge >= 0.3 is 5.97 Å². The molecule has 0 N–H and O–H groups in total. The molecule has 0 saturated heterocycles. The number of carbonyl (C=O) groups excluding carboxylic acids is 2. The van der Waals surface area contributed by atoms with E-state index in [1.165, 1.54) is 0 Å². The van der Waals surface area contributed by atoms with Gasteiger partial charge in [-0.05, 0) is 35.3 Å². The van der Waals surface area contributed by atoms with E-state index in [4.69, 9.17) is 14.2 Å². The fraction of sp³-hybridized carbons (Fsp3) is 0.467. The Hall–Kier alpha value is -1.56. The Kier molecular flexibility index (Phi) is 5.22. The van der Waals surface area contributed by atoms with Gasteiger partial charge in [-0.15, -0.1) is 0 Å². The maximum Gasteiger partial charge on any atom is 0.379 e. The van der Waals surface area contributed by atoms with Gasteiger partial charge in [-0.1, -0.05) is 6.92 Å². The zero-order chi connectivity index (χ0) is 15.4. The number of fused-ring (bicyclic) bond motifs is 1. The van der Waals surface area contributed by atoms with Gasteiger partial charge < -0.3 is 14.2 Å². The summed E-state index contributed by atoms with van der Waals surface area (Å²) in [4.78, 5) is 23.9. The first-order valence-corrected chi connectivity index (χ1v) is 7.71. The lowest BCUT2D eigenvalue weighted by atomic mass is 9.99. The van der Waals surface area contributed by atoms with Crippen LogP contribution in [0.2, 0.25) is 0 Å². The number of benzene rings is 1. The van der Waals surface area contributed by atoms with E-state index in [1.54, 1.807) is 13.0 Å². The molecule has 0 bridgehead atoms. The highest BCUT2D eigenvalue weighted by Gasteiger charge is 2.27. The van der Waals surface area contributed by atoms with Crippen molar-refractivity contribution in [3.8, 4) is 11.5 Å². The van der Waals surface area contributed by atoms with Crippen LogP contribution in [-0.4, -0.2) is 31.6 Å². The third kappa shape index (κ3) is 3.20. The van der Waals surface area contributed by atoms with Crippen LogP contribution < -0.4 is 9.47 Å². The maximum absolute atomic E-state index is 12.2. The number of carbonyl (C=O) groups is 2. The van der Waals surface area contributed by atoms with Gasteiger partial charge in [0.15, 0.2) is 11.5 Å². The summed E-state index contributed by atoms with van der Waals surface area (Å²) in [6.45, 7) is 4.80. The standard InChI is InChI=1S/C15H17BrO5/c1-3-9-10(12(17)15(18)19-4-2)8-11(16)14-13(9)20-6-5-7-21-14/h8H,3-7H2,1-2H3. The normalized spacial score (nSPS) is 13.5. The van der Waals surface area contributed by atoms with Gasteiger partial charge in [-0.25, -0.2) is 4.79 Å². The minimum Gasteiger partial charge on any atom is -0.489 e. The number of rotatable bonds is 4. The predicted octanol–water partition coefficient (Wildman–Crippen LogP) is 2.92. The van der Waals surface area contributed by atoms with Crippen LogP contribution in [0.3, 0.4) is 0 Å². The molecule has 6 heteroatoms. The quantitative estimate of drug-likeness (QED) is 0.471. The van der Waals surface area contributed by atoms with Crippen LogP contribution in [-0.2, 0) is 16.0 Å². The second kappa shape index (κ2) is 6.93. The van der Waals surface area contributed by atoms with Crippen molar-refractivity contribution in [2.24, 2.45) is 0 Å². The van der Waals surface area contributed by atoms with Crippen molar-refractivity contribution in [2.75, 3.05) is 19.8 Å². The Bertz CT molecular complexity index is 568. The lowest BCUT2D eigenvalue weighted by Crippen LogP contribution is -2.19. The van der Waals surface area contributed by atoms with Crippen molar-refractivity contribution in [2.45, 2.75) is 26.7 Å². The molecule has 0 fully saturated rings. The summed E-state index contributed by atoms with van der Waals surface area (Å²) in [6, 6.07) is 1.60. The van der Waals surface area contributed by atoms with E-state index >= 15 is 0 Å². The van der Waals surface area contributed by atoms with Gasteiger partial charge in [0.2, 0.25) is 0 Å². The molecule has 1 aliphatic rings. The summed E-state index contributed by atoms with van der Waals surface area (Å²) in [5, 5.41) is 0. The molecule has 1 aromatic carbocycles. The molecule has 2 rings (SSSR count). The molecule has 0 unspecified atom stereocenters. The summed E-state index contributed by atoms with van der Waals surface area (Å²) in [5.74, 6) is -0.389. The predicted molar refractivity (Wildman–Crippen MR) is 80.1 cm³/mol. The Labute approximate surface area is 131 Å². The Morgan fingerprint density at radius 1 is 1.24 bits per heavy atom. The number of ketones is 1. The molecule has 0 atom stereocenters. The topological polar surface area (TPSA) is 61.8 Å². The molecular formula is C15H17BrO5. The van der Waals surface area contributed by atoms with E-state index in [1.807, 2.05) is 6.92 Å². The first-order valence-electron chi connectivity index (χ1n) is 6.92. The molecule has 0 spiro atoms. The number of hydrogen-bond donors (Lipinski definition) is 0. The van der Waals surface area contributed by atoms with Crippen molar-refractivity contribution in [1.29, 1.82) is 0 Å². The van der Waals surface area contributed by atoms with Crippen LogP contribution in [0, 0.1) is 0 Å². The fourth-order valence-electron chi connectivity index (χ4n) is 2.20. The van der Waals surface area contributed by atoms with Gasteiger partial charge in [-0.2, -0.15) is 0 Å². The van der Waals surface area contributed by atoms with Crippen molar-refractivity contribution in [3.05, 3.63) is 21.7 Å². The minimum absolute atomic E-state index is 0.164. The van der Waals surface area contributed by atoms with E-state index in [0.29, 0.717) is 46.7 Å². The summed E-state index contributed by atoms with van der Waals surface area (Å²) in [6.07, 6.45) is 1.32. The fourth-order valence-corrected chi connectivity index (χ4v) is 2.73.